The molecule has 204 valence electrons. The normalized spacial score (nSPS) is 12.8. The highest BCUT2D eigenvalue weighted by Gasteiger charge is 2.37. The minimum Gasteiger partial charge on any atom is -0.468 e. The molecule has 0 saturated carbocycles. The summed E-state index contributed by atoms with van der Waals surface area (Å²) in [7, 11) is 6.46. The number of methoxy groups -OCH3 is 1. The smallest absolute Gasteiger partial charge is 0.338 e. The molecule has 1 unspecified atom stereocenters. The van der Waals surface area contributed by atoms with Crippen LogP contribution in [0.25, 0.3) is 0 Å². The van der Waals surface area contributed by atoms with E-state index in [1.165, 1.54) is 7.11 Å². The van der Waals surface area contributed by atoms with Crippen LogP contribution in [0.3, 0.4) is 0 Å². The Hall–Kier alpha value is -2.82. The van der Waals surface area contributed by atoms with Crippen LogP contribution in [0.1, 0.15) is 66.2 Å². The summed E-state index contributed by atoms with van der Waals surface area (Å²) in [5, 5.41) is 8.96. The van der Waals surface area contributed by atoms with E-state index in [9.17, 15) is 9.59 Å². The number of esters is 1. The number of carbonyl (C=O) groups is 2. The monoisotopic (exact) mass is 513 g/mol. The van der Waals surface area contributed by atoms with Gasteiger partial charge in [-0.3, -0.25) is 20.7 Å². The number of hydrogen-bond acceptors (Lipinski definition) is 9. The Morgan fingerprint density at radius 3 is 1.92 bits per heavy atom. The lowest BCUT2D eigenvalue weighted by Gasteiger charge is -2.35. The molecule has 2 aromatic rings. The minimum absolute atomic E-state index is 0.191. The van der Waals surface area contributed by atoms with Crippen molar-refractivity contribution in [2.75, 3.05) is 28.3 Å². The first-order valence-electron chi connectivity index (χ1n) is 12.7. The number of nitrogens with two attached hydrogens (primary N) is 2. The van der Waals surface area contributed by atoms with Crippen LogP contribution in [-0.4, -0.2) is 51.9 Å². The fourth-order valence-electron chi connectivity index (χ4n) is 4.76. The van der Waals surface area contributed by atoms with E-state index in [2.05, 4.69) is 29.8 Å². The lowest BCUT2D eigenvalue weighted by atomic mass is 9.69. The van der Waals surface area contributed by atoms with E-state index < -0.39 is 17.9 Å². The van der Waals surface area contributed by atoms with Crippen molar-refractivity contribution in [3.8, 4) is 5.75 Å². The van der Waals surface area contributed by atoms with Gasteiger partial charge in [0.05, 0.1) is 12.7 Å². The van der Waals surface area contributed by atoms with Gasteiger partial charge in [0.15, 0.2) is 0 Å². The number of likely N-dealkylation sites (N-methyl/N-ethyl adjacent to an activating group) is 3. The molecular weight excluding hydrogens is 470 g/mol. The van der Waals surface area contributed by atoms with Gasteiger partial charge in [-0.25, -0.2) is 4.79 Å². The third-order valence-electron chi connectivity index (χ3n) is 7.56. The Kier molecular flexibility index (Phi) is 10.8. The van der Waals surface area contributed by atoms with Gasteiger partial charge in [-0.1, -0.05) is 32.0 Å². The number of rotatable bonds is 14. The van der Waals surface area contributed by atoms with Crippen LogP contribution < -0.4 is 32.2 Å². The van der Waals surface area contributed by atoms with E-state index in [1.807, 2.05) is 30.3 Å². The van der Waals surface area contributed by atoms with Crippen molar-refractivity contribution in [1.82, 2.24) is 16.0 Å². The topological polar surface area (TPSA) is 141 Å². The number of benzene rings is 2. The Bertz CT molecular complexity index is 1080. The Labute approximate surface area is 220 Å². The van der Waals surface area contributed by atoms with Gasteiger partial charge in [0, 0.05) is 24.1 Å². The van der Waals surface area contributed by atoms with E-state index in [-0.39, 0.29) is 24.3 Å². The summed E-state index contributed by atoms with van der Waals surface area (Å²) in [5.41, 5.74) is 15.0. The molecule has 0 fully saturated rings. The molecule has 0 saturated heterocycles. The van der Waals surface area contributed by atoms with Crippen molar-refractivity contribution < 1.29 is 19.1 Å². The fraction of sp³-hybridized carbons (Fsp3) is 0.500. The van der Waals surface area contributed by atoms with Gasteiger partial charge in [0.25, 0.3) is 0 Å². The van der Waals surface area contributed by atoms with Crippen LogP contribution in [0.4, 0.5) is 0 Å². The molecule has 0 amide bonds. The summed E-state index contributed by atoms with van der Waals surface area (Å²) in [6.07, 6.45) is 0.742. The minimum atomic E-state index is -0.965. The summed E-state index contributed by atoms with van der Waals surface area (Å²) in [4.78, 5) is 25.3. The zero-order chi connectivity index (χ0) is 27.8. The van der Waals surface area contributed by atoms with Crippen molar-refractivity contribution >= 4 is 11.8 Å². The summed E-state index contributed by atoms with van der Waals surface area (Å²) >= 11 is 0. The number of hydrogen-bond donors (Lipinski definition) is 5. The highest BCUT2D eigenvalue weighted by Crippen LogP contribution is 2.41. The number of ketones is 1. The quantitative estimate of drug-likeness (QED) is 0.190. The van der Waals surface area contributed by atoms with Gasteiger partial charge in [-0.15, -0.1) is 0 Å². The molecule has 0 spiro atoms. The van der Waals surface area contributed by atoms with Crippen molar-refractivity contribution in [1.29, 1.82) is 0 Å². The molecule has 0 aromatic heterocycles. The van der Waals surface area contributed by atoms with E-state index >= 15 is 0 Å². The Balaban J connectivity index is 2.54. The Morgan fingerprint density at radius 2 is 1.46 bits per heavy atom. The predicted molar refractivity (Wildman–Crippen MR) is 146 cm³/mol. The standard InChI is InChI=1S/C28H43N5O4/c1-8-28(9-2,20-10-12-22(26(35)36-7)18(14-20)16-29)21-11-13-23(19(15-21)17-30)37-25(31-4)24(34)27(3,32-5)33-6/h10-15,25,31-33H,8-9,16-17,29-30H2,1-7H3. The van der Waals surface area contributed by atoms with Crippen molar-refractivity contribution in [2.24, 2.45) is 11.5 Å². The predicted octanol–water partition coefficient (Wildman–Crippen LogP) is 2.15. The zero-order valence-corrected chi connectivity index (χ0v) is 23.2. The maximum absolute atomic E-state index is 13.1. The number of ether oxygens (including phenoxy) is 2. The second-order valence-corrected chi connectivity index (χ2v) is 9.16. The van der Waals surface area contributed by atoms with Gasteiger partial charge in [0.1, 0.15) is 11.4 Å². The van der Waals surface area contributed by atoms with Crippen molar-refractivity contribution in [3.05, 3.63) is 64.2 Å². The van der Waals surface area contributed by atoms with E-state index in [1.54, 1.807) is 34.1 Å². The Morgan fingerprint density at radius 1 is 0.919 bits per heavy atom. The molecule has 0 aliphatic rings. The summed E-state index contributed by atoms with van der Waals surface area (Å²) in [6, 6.07) is 11.7. The highest BCUT2D eigenvalue weighted by molar-refractivity contribution is 5.91. The molecule has 1 atom stereocenters. The third kappa shape index (κ3) is 6.02. The number of nitrogens with one attached hydrogen (secondary N) is 3. The van der Waals surface area contributed by atoms with Crippen LogP contribution in [0.15, 0.2) is 36.4 Å². The average Bonchev–Trinajstić information content (AvgIpc) is 2.95. The van der Waals surface area contributed by atoms with Gasteiger partial charge in [-0.2, -0.15) is 0 Å². The largest absolute Gasteiger partial charge is 0.468 e. The summed E-state index contributed by atoms with van der Waals surface area (Å²) in [5.74, 6) is -0.0550. The van der Waals surface area contributed by atoms with Gasteiger partial charge in [-0.05, 0) is 75.8 Å². The zero-order valence-electron chi connectivity index (χ0n) is 23.2. The summed E-state index contributed by atoms with van der Waals surface area (Å²) in [6.45, 7) is 6.49. The van der Waals surface area contributed by atoms with Crippen LogP contribution in [-0.2, 0) is 28.0 Å². The molecular formula is C28H43N5O4. The van der Waals surface area contributed by atoms with Crippen molar-refractivity contribution in [3.63, 3.8) is 0 Å². The lowest BCUT2D eigenvalue weighted by Crippen LogP contribution is -2.63. The summed E-state index contributed by atoms with van der Waals surface area (Å²) < 4.78 is 11.1. The van der Waals surface area contributed by atoms with E-state index in [0.717, 1.165) is 35.1 Å². The third-order valence-corrected chi connectivity index (χ3v) is 7.56. The van der Waals surface area contributed by atoms with Gasteiger partial charge in [0.2, 0.25) is 12.0 Å². The SMILES string of the molecule is CCC(CC)(c1ccc(OC(NC)C(=O)C(C)(NC)NC)c(CN)c1)c1ccc(C(=O)OC)c(CN)c1. The van der Waals surface area contributed by atoms with Gasteiger partial charge >= 0.3 is 5.97 Å². The highest BCUT2D eigenvalue weighted by atomic mass is 16.5. The average molecular weight is 514 g/mol. The molecule has 2 aromatic carbocycles. The first kappa shape index (κ1) is 30.4. The molecule has 0 aliphatic carbocycles. The van der Waals surface area contributed by atoms with Crippen LogP contribution in [0.5, 0.6) is 5.75 Å². The molecule has 2 rings (SSSR count). The maximum Gasteiger partial charge on any atom is 0.338 e. The van der Waals surface area contributed by atoms with Crippen LogP contribution in [0.2, 0.25) is 0 Å². The van der Waals surface area contributed by atoms with Crippen molar-refractivity contribution in [2.45, 2.75) is 64.0 Å². The second-order valence-electron chi connectivity index (χ2n) is 9.16. The molecule has 7 N–H and O–H groups in total. The molecule has 0 radical (unpaired) electrons. The molecule has 37 heavy (non-hydrogen) atoms. The molecule has 9 heteroatoms. The van der Waals surface area contributed by atoms with E-state index in [0.29, 0.717) is 11.3 Å². The lowest BCUT2D eigenvalue weighted by molar-refractivity contribution is -0.134. The first-order chi connectivity index (χ1) is 17.6. The number of carbonyl (C=O) groups excluding carboxylic acids is 2. The first-order valence-corrected chi connectivity index (χ1v) is 12.7. The van der Waals surface area contributed by atoms with Crippen LogP contribution in [0, 0.1) is 0 Å². The molecule has 9 nitrogen and oxygen atoms in total. The second kappa shape index (κ2) is 13.1. The fourth-order valence-corrected chi connectivity index (χ4v) is 4.76. The maximum atomic E-state index is 13.1. The molecule has 0 heterocycles. The van der Waals surface area contributed by atoms with Crippen LogP contribution >= 0.6 is 0 Å². The number of Topliss-reactive ketones (excluding diaryl/α,β-unsaturated/α-hetero) is 1. The van der Waals surface area contributed by atoms with E-state index in [4.69, 9.17) is 20.9 Å². The molecule has 0 bridgehead atoms. The molecule has 0 aliphatic heterocycles. The van der Waals surface area contributed by atoms with Gasteiger partial charge < -0.3 is 20.9 Å².